The van der Waals surface area contributed by atoms with E-state index in [9.17, 15) is 0 Å². The molecule has 0 unspecified atom stereocenters. The summed E-state index contributed by atoms with van der Waals surface area (Å²) >= 11 is 0. The van der Waals surface area contributed by atoms with E-state index >= 15 is 0 Å². The van der Waals surface area contributed by atoms with E-state index in [2.05, 4.69) is 240 Å². The Bertz CT molecular complexity index is 3160. The molecule has 0 spiro atoms. The monoisotopic (exact) mass is 738 g/mol. The summed E-state index contributed by atoms with van der Waals surface area (Å²) in [4.78, 5) is 2.37. The second-order valence-corrected chi connectivity index (χ2v) is 14.9. The predicted octanol–water partition coefficient (Wildman–Crippen LogP) is 15.6. The number of benzene rings is 10. The molecule has 1 heterocycles. The molecule has 10 aromatic carbocycles. The van der Waals surface area contributed by atoms with Crippen LogP contribution in [0.25, 0.3) is 82.4 Å². The first-order chi connectivity index (χ1) is 28.8. The normalized spacial score (nSPS) is 11.4. The van der Waals surface area contributed by atoms with Crippen LogP contribution in [0, 0.1) is 0 Å². The second-order valence-electron chi connectivity index (χ2n) is 14.9. The Morgan fingerprint density at radius 1 is 0.293 bits per heavy atom. The highest BCUT2D eigenvalue weighted by Gasteiger charge is 2.20. The van der Waals surface area contributed by atoms with E-state index in [0.717, 1.165) is 22.7 Å². The van der Waals surface area contributed by atoms with Crippen molar-refractivity contribution >= 4 is 60.4 Å². The zero-order valence-electron chi connectivity index (χ0n) is 31.8. The Labute approximate surface area is 338 Å². The highest BCUT2D eigenvalue weighted by Crippen LogP contribution is 2.44. The number of para-hydroxylation sites is 1. The highest BCUT2D eigenvalue weighted by molar-refractivity contribution is 6.25. The van der Waals surface area contributed by atoms with Crippen molar-refractivity contribution in [2.75, 3.05) is 4.90 Å². The van der Waals surface area contributed by atoms with E-state index in [4.69, 9.17) is 0 Å². The Morgan fingerprint density at radius 3 is 1.52 bits per heavy atom. The molecule has 0 aliphatic rings. The third-order valence-electron chi connectivity index (χ3n) is 11.6. The average molecular weight is 739 g/mol. The van der Waals surface area contributed by atoms with Crippen molar-refractivity contribution in [3.63, 3.8) is 0 Å². The molecule has 0 radical (unpaired) electrons. The van der Waals surface area contributed by atoms with E-state index in [1.165, 1.54) is 76.7 Å². The lowest BCUT2D eigenvalue weighted by molar-refractivity contribution is 1.17. The number of nitrogens with zero attached hydrogens (tertiary/aromatic N) is 2. The molecule has 2 heteroatoms. The van der Waals surface area contributed by atoms with Crippen LogP contribution in [-0.2, 0) is 0 Å². The molecule has 0 bridgehead atoms. The fourth-order valence-corrected chi connectivity index (χ4v) is 8.89. The molecule has 0 saturated heterocycles. The van der Waals surface area contributed by atoms with Gasteiger partial charge in [-0.25, -0.2) is 0 Å². The molecule has 0 amide bonds. The molecule has 2 nitrogen and oxygen atoms in total. The summed E-state index contributed by atoms with van der Waals surface area (Å²) in [5, 5.41) is 7.54. The molecule has 0 atom stereocenters. The minimum Gasteiger partial charge on any atom is -0.310 e. The summed E-state index contributed by atoms with van der Waals surface area (Å²) in [5.41, 5.74) is 14.0. The third-order valence-corrected chi connectivity index (χ3v) is 11.6. The van der Waals surface area contributed by atoms with E-state index in [0.29, 0.717) is 0 Å². The van der Waals surface area contributed by atoms with E-state index in [-0.39, 0.29) is 0 Å². The maximum atomic E-state index is 2.45. The fourth-order valence-electron chi connectivity index (χ4n) is 8.89. The molecule has 58 heavy (non-hydrogen) atoms. The molecule has 272 valence electrons. The topological polar surface area (TPSA) is 8.17 Å². The molecular weight excluding hydrogens is 701 g/mol. The average Bonchev–Trinajstić information content (AvgIpc) is 3.65. The molecule has 0 aliphatic heterocycles. The summed E-state index contributed by atoms with van der Waals surface area (Å²) in [6.45, 7) is 0. The Kier molecular flexibility index (Phi) is 8.19. The van der Waals surface area contributed by atoms with Crippen molar-refractivity contribution < 1.29 is 0 Å². The minimum absolute atomic E-state index is 1.08. The Balaban J connectivity index is 1.10. The summed E-state index contributed by atoms with van der Waals surface area (Å²) in [7, 11) is 0. The van der Waals surface area contributed by atoms with Gasteiger partial charge in [-0.2, -0.15) is 0 Å². The van der Waals surface area contributed by atoms with Crippen molar-refractivity contribution in [3.8, 4) is 39.1 Å². The smallest absolute Gasteiger partial charge is 0.0547 e. The molecule has 0 N–H and O–H groups in total. The first kappa shape index (κ1) is 33.6. The van der Waals surface area contributed by atoms with E-state index in [1.54, 1.807) is 0 Å². The Hall–Kier alpha value is -7.68. The van der Waals surface area contributed by atoms with Crippen molar-refractivity contribution in [3.05, 3.63) is 231 Å². The SMILES string of the molecule is c1ccc(-c2ccc(N(c3ccc(-c4ccccc4)cc3)c3cccc(-n4c5ccccc5c5c6c(-c7cccc8ccccc78)cccc6ccc54)c3)cc2)cc1. The van der Waals surface area contributed by atoms with Gasteiger partial charge < -0.3 is 9.47 Å². The fraction of sp³-hybridized carbons (Fsp3) is 0. The number of fused-ring (bicyclic) bond motifs is 6. The summed E-state index contributed by atoms with van der Waals surface area (Å²) < 4.78 is 2.45. The number of anilines is 3. The first-order valence-corrected chi connectivity index (χ1v) is 19.9. The van der Waals surface area contributed by atoms with Gasteiger partial charge in [-0.1, -0.05) is 176 Å². The lowest BCUT2D eigenvalue weighted by Crippen LogP contribution is -2.10. The van der Waals surface area contributed by atoms with Crippen LogP contribution < -0.4 is 4.90 Å². The maximum Gasteiger partial charge on any atom is 0.0547 e. The van der Waals surface area contributed by atoms with E-state index in [1.807, 2.05) is 0 Å². The zero-order valence-corrected chi connectivity index (χ0v) is 31.8. The van der Waals surface area contributed by atoms with E-state index < -0.39 is 0 Å². The number of aromatic nitrogens is 1. The number of hydrogen-bond donors (Lipinski definition) is 0. The molecular formula is C56H38N2. The van der Waals surface area contributed by atoms with Gasteiger partial charge in [-0.15, -0.1) is 0 Å². The largest absolute Gasteiger partial charge is 0.310 e. The van der Waals surface area contributed by atoms with Crippen LogP contribution in [0.5, 0.6) is 0 Å². The van der Waals surface area contributed by atoms with Gasteiger partial charge in [0.05, 0.1) is 11.0 Å². The molecule has 11 aromatic rings. The van der Waals surface area contributed by atoms with Gasteiger partial charge in [0, 0.05) is 33.5 Å². The minimum atomic E-state index is 1.08. The van der Waals surface area contributed by atoms with Crippen LogP contribution in [0.3, 0.4) is 0 Å². The van der Waals surface area contributed by atoms with Gasteiger partial charge in [-0.3, -0.25) is 0 Å². The standard InChI is InChI=1S/C56H38N2/c1-3-14-39(15-4-1)41-28-33-45(34-29-41)57(46-35-30-42(31-36-46)40-16-5-2-6-17-40)47-21-13-22-48(38-47)58-53-27-10-9-24-52(53)56-54(58)37-32-44-20-12-26-51(55(44)56)50-25-11-19-43-18-7-8-23-49(43)50/h1-38H. The van der Waals surface area contributed by atoms with Crippen LogP contribution in [0.1, 0.15) is 0 Å². The predicted molar refractivity (Wildman–Crippen MR) is 247 cm³/mol. The lowest BCUT2D eigenvalue weighted by Gasteiger charge is -2.26. The Morgan fingerprint density at radius 2 is 0.828 bits per heavy atom. The first-order valence-electron chi connectivity index (χ1n) is 19.9. The van der Waals surface area contributed by atoms with Crippen molar-refractivity contribution in [1.82, 2.24) is 4.57 Å². The lowest BCUT2D eigenvalue weighted by atomic mass is 9.92. The summed E-state index contributed by atoms with van der Waals surface area (Å²) in [6.07, 6.45) is 0. The van der Waals surface area contributed by atoms with Crippen LogP contribution in [0.4, 0.5) is 17.1 Å². The van der Waals surface area contributed by atoms with Crippen LogP contribution in [-0.4, -0.2) is 4.57 Å². The summed E-state index contributed by atoms with van der Waals surface area (Å²) in [6, 6.07) is 83.6. The van der Waals surface area contributed by atoms with Crippen molar-refractivity contribution in [1.29, 1.82) is 0 Å². The molecule has 0 saturated carbocycles. The third kappa shape index (κ3) is 5.74. The van der Waals surface area contributed by atoms with Gasteiger partial charge in [0.25, 0.3) is 0 Å². The highest BCUT2D eigenvalue weighted by atomic mass is 15.1. The van der Waals surface area contributed by atoms with Crippen molar-refractivity contribution in [2.45, 2.75) is 0 Å². The summed E-state index contributed by atoms with van der Waals surface area (Å²) in [5.74, 6) is 0. The van der Waals surface area contributed by atoms with Crippen LogP contribution in [0.2, 0.25) is 0 Å². The maximum absolute atomic E-state index is 2.45. The molecule has 0 fully saturated rings. The molecule has 1 aromatic heterocycles. The van der Waals surface area contributed by atoms with Gasteiger partial charge >= 0.3 is 0 Å². The van der Waals surface area contributed by atoms with Gasteiger partial charge in [0.1, 0.15) is 0 Å². The van der Waals surface area contributed by atoms with Crippen LogP contribution in [0.15, 0.2) is 231 Å². The molecule has 0 aliphatic carbocycles. The second kappa shape index (κ2) is 14.1. The number of hydrogen-bond acceptors (Lipinski definition) is 1. The number of rotatable bonds is 7. The quantitative estimate of drug-likeness (QED) is 0.158. The zero-order chi connectivity index (χ0) is 38.4. The van der Waals surface area contributed by atoms with Crippen molar-refractivity contribution in [2.24, 2.45) is 0 Å². The van der Waals surface area contributed by atoms with Gasteiger partial charge in [-0.05, 0) is 110 Å². The van der Waals surface area contributed by atoms with Gasteiger partial charge in [0.2, 0.25) is 0 Å². The molecule has 11 rings (SSSR count). The van der Waals surface area contributed by atoms with Gasteiger partial charge in [0.15, 0.2) is 0 Å². The van der Waals surface area contributed by atoms with Crippen LogP contribution >= 0.6 is 0 Å².